The van der Waals surface area contributed by atoms with Crippen LogP contribution in [0.3, 0.4) is 0 Å². The van der Waals surface area contributed by atoms with Crippen molar-refractivity contribution in [3.63, 3.8) is 0 Å². The molecule has 4 nitrogen and oxygen atoms in total. The summed E-state index contributed by atoms with van der Waals surface area (Å²) in [5, 5.41) is 8.72. The summed E-state index contributed by atoms with van der Waals surface area (Å²) in [6.45, 7) is 0.228. The predicted molar refractivity (Wildman–Crippen MR) is 59.4 cm³/mol. The zero-order valence-corrected chi connectivity index (χ0v) is 9.38. The standard InChI is InChI=1S/C10H14O4S/c1-15-4-2-3-13-10-7-14-8(6-11)5-9(10)12/h5,7,11H,2-4,6H2,1H3. The Morgan fingerprint density at radius 1 is 1.60 bits per heavy atom. The lowest BCUT2D eigenvalue weighted by Gasteiger charge is -2.04. The normalized spacial score (nSPS) is 10.3. The maximum Gasteiger partial charge on any atom is 0.227 e. The van der Waals surface area contributed by atoms with Crippen molar-refractivity contribution >= 4 is 11.8 Å². The molecule has 1 aromatic heterocycles. The van der Waals surface area contributed by atoms with Crippen LogP contribution in [0.2, 0.25) is 0 Å². The molecule has 84 valence electrons. The summed E-state index contributed by atoms with van der Waals surface area (Å²) in [5.41, 5.74) is -0.255. The highest BCUT2D eigenvalue weighted by atomic mass is 32.2. The Kier molecular flexibility index (Phi) is 5.28. The van der Waals surface area contributed by atoms with E-state index < -0.39 is 0 Å². The van der Waals surface area contributed by atoms with Crippen molar-refractivity contribution in [1.82, 2.24) is 0 Å². The van der Waals surface area contributed by atoms with Gasteiger partial charge in [0.25, 0.3) is 0 Å². The third-order valence-corrected chi connectivity index (χ3v) is 2.46. The molecule has 1 N–H and O–H groups in total. The molecule has 0 amide bonds. The van der Waals surface area contributed by atoms with Crippen molar-refractivity contribution in [2.75, 3.05) is 18.6 Å². The first-order valence-electron chi connectivity index (χ1n) is 4.62. The van der Waals surface area contributed by atoms with E-state index in [-0.39, 0.29) is 23.5 Å². The summed E-state index contributed by atoms with van der Waals surface area (Å²) < 4.78 is 10.2. The first kappa shape index (κ1) is 12.1. The van der Waals surface area contributed by atoms with Crippen LogP contribution < -0.4 is 10.2 Å². The summed E-state index contributed by atoms with van der Waals surface area (Å²) in [4.78, 5) is 11.4. The van der Waals surface area contributed by atoms with E-state index in [1.165, 1.54) is 12.3 Å². The zero-order chi connectivity index (χ0) is 11.1. The van der Waals surface area contributed by atoms with Gasteiger partial charge in [-0.05, 0) is 18.4 Å². The molecular formula is C10H14O4S. The lowest BCUT2D eigenvalue weighted by molar-refractivity contribution is 0.237. The van der Waals surface area contributed by atoms with Crippen LogP contribution >= 0.6 is 11.8 Å². The molecule has 0 saturated carbocycles. The highest BCUT2D eigenvalue weighted by Gasteiger charge is 2.03. The lowest BCUT2D eigenvalue weighted by Crippen LogP contribution is -2.09. The Morgan fingerprint density at radius 3 is 3.00 bits per heavy atom. The van der Waals surface area contributed by atoms with Gasteiger partial charge >= 0.3 is 0 Å². The molecule has 1 heterocycles. The Labute approximate surface area is 92.3 Å². The molecule has 15 heavy (non-hydrogen) atoms. The number of aliphatic hydroxyl groups is 1. The quantitative estimate of drug-likeness (QED) is 0.746. The molecular weight excluding hydrogens is 216 g/mol. The second kappa shape index (κ2) is 6.53. The third-order valence-electron chi connectivity index (χ3n) is 1.76. The molecule has 0 radical (unpaired) electrons. The first-order chi connectivity index (χ1) is 7.27. The smallest absolute Gasteiger partial charge is 0.227 e. The second-order valence-corrected chi connectivity index (χ2v) is 3.91. The van der Waals surface area contributed by atoms with E-state index in [4.69, 9.17) is 14.3 Å². The van der Waals surface area contributed by atoms with Crippen LogP contribution in [0.4, 0.5) is 0 Å². The van der Waals surface area contributed by atoms with Crippen LogP contribution in [0.15, 0.2) is 21.5 Å². The molecule has 0 bridgehead atoms. The van der Waals surface area contributed by atoms with Gasteiger partial charge in [-0.3, -0.25) is 4.79 Å². The average molecular weight is 230 g/mol. The largest absolute Gasteiger partial charge is 0.487 e. The molecule has 5 heteroatoms. The lowest BCUT2D eigenvalue weighted by atomic mass is 10.4. The summed E-state index contributed by atoms with van der Waals surface area (Å²) in [6.07, 6.45) is 4.15. The SMILES string of the molecule is CSCCCOc1coc(CO)cc1=O. The van der Waals surface area contributed by atoms with Crippen LogP contribution in [0.1, 0.15) is 12.2 Å². The van der Waals surface area contributed by atoms with E-state index in [0.717, 1.165) is 12.2 Å². The molecule has 0 unspecified atom stereocenters. The Morgan fingerprint density at radius 2 is 2.40 bits per heavy atom. The van der Waals surface area contributed by atoms with Gasteiger partial charge in [0.2, 0.25) is 11.2 Å². The van der Waals surface area contributed by atoms with Crippen molar-refractivity contribution in [1.29, 1.82) is 0 Å². The Bertz CT molecular complexity index is 348. The van der Waals surface area contributed by atoms with Crippen LogP contribution in [0, 0.1) is 0 Å². The minimum absolute atomic E-state index is 0.202. The maximum absolute atomic E-state index is 11.4. The zero-order valence-electron chi connectivity index (χ0n) is 8.56. The Balaban J connectivity index is 2.51. The molecule has 1 rings (SSSR count). The molecule has 0 atom stereocenters. The van der Waals surface area contributed by atoms with Crippen LogP contribution in [0.5, 0.6) is 5.75 Å². The number of thioether (sulfide) groups is 1. The van der Waals surface area contributed by atoms with E-state index in [1.807, 2.05) is 6.26 Å². The number of ether oxygens (including phenoxy) is 1. The second-order valence-electron chi connectivity index (χ2n) is 2.93. The van der Waals surface area contributed by atoms with Crippen LogP contribution in [-0.4, -0.2) is 23.7 Å². The van der Waals surface area contributed by atoms with Crippen molar-refractivity contribution in [3.05, 3.63) is 28.3 Å². The third kappa shape index (κ3) is 3.97. The molecule has 0 aliphatic heterocycles. The number of rotatable bonds is 6. The van der Waals surface area contributed by atoms with Crippen molar-refractivity contribution < 1.29 is 14.3 Å². The van der Waals surface area contributed by atoms with Gasteiger partial charge in [-0.1, -0.05) is 0 Å². The van der Waals surface area contributed by atoms with Crippen molar-refractivity contribution in [2.45, 2.75) is 13.0 Å². The molecule has 0 spiro atoms. The van der Waals surface area contributed by atoms with E-state index in [2.05, 4.69) is 0 Å². The minimum atomic E-state index is -0.276. The van der Waals surface area contributed by atoms with Gasteiger partial charge < -0.3 is 14.3 Å². The van der Waals surface area contributed by atoms with Gasteiger partial charge in [0.05, 0.1) is 6.61 Å². The van der Waals surface area contributed by atoms with Crippen molar-refractivity contribution in [2.24, 2.45) is 0 Å². The molecule has 0 aliphatic carbocycles. The van der Waals surface area contributed by atoms with Gasteiger partial charge in [-0.25, -0.2) is 0 Å². The molecule has 0 fully saturated rings. The molecule has 0 saturated heterocycles. The summed E-state index contributed by atoms with van der Waals surface area (Å²) in [7, 11) is 0. The van der Waals surface area contributed by atoms with Gasteiger partial charge in [-0.2, -0.15) is 11.8 Å². The van der Waals surface area contributed by atoms with E-state index >= 15 is 0 Å². The van der Waals surface area contributed by atoms with Gasteiger partial charge in [-0.15, -0.1) is 0 Å². The van der Waals surface area contributed by atoms with Crippen LogP contribution in [-0.2, 0) is 6.61 Å². The molecule has 1 aromatic rings. The average Bonchev–Trinajstić information content (AvgIpc) is 2.26. The highest BCUT2D eigenvalue weighted by molar-refractivity contribution is 7.98. The summed E-state index contributed by atoms with van der Waals surface area (Å²) >= 11 is 1.73. The van der Waals surface area contributed by atoms with E-state index in [9.17, 15) is 4.79 Å². The van der Waals surface area contributed by atoms with Crippen LogP contribution in [0.25, 0.3) is 0 Å². The van der Waals surface area contributed by atoms with Gasteiger partial charge in [0.1, 0.15) is 18.6 Å². The number of hydrogen-bond acceptors (Lipinski definition) is 5. The first-order valence-corrected chi connectivity index (χ1v) is 6.01. The maximum atomic E-state index is 11.4. The number of aliphatic hydroxyl groups excluding tert-OH is 1. The number of hydrogen-bond donors (Lipinski definition) is 1. The molecule has 0 aliphatic rings. The fraction of sp³-hybridized carbons (Fsp3) is 0.500. The topological polar surface area (TPSA) is 59.7 Å². The monoisotopic (exact) mass is 230 g/mol. The van der Waals surface area contributed by atoms with Gasteiger partial charge in [0, 0.05) is 6.07 Å². The molecule has 0 aromatic carbocycles. The van der Waals surface area contributed by atoms with E-state index in [1.54, 1.807) is 11.8 Å². The van der Waals surface area contributed by atoms with E-state index in [0.29, 0.717) is 6.61 Å². The highest BCUT2D eigenvalue weighted by Crippen LogP contribution is 2.06. The predicted octanol–water partition coefficient (Wildman–Crippen LogP) is 1.26. The Hall–Kier alpha value is -0.940. The van der Waals surface area contributed by atoms with Gasteiger partial charge in [0.15, 0.2) is 0 Å². The summed E-state index contributed by atoms with van der Waals surface area (Å²) in [5.74, 6) is 1.45. The van der Waals surface area contributed by atoms with Crippen molar-refractivity contribution in [3.8, 4) is 5.75 Å². The fourth-order valence-corrected chi connectivity index (χ4v) is 1.42. The summed E-state index contributed by atoms with van der Waals surface area (Å²) in [6, 6.07) is 1.24. The minimum Gasteiger partial charge on any atom is -0.487 e. The fourth-order valence-electron chi connectivity index (χ4n) is 1.01.